The molecule has 2 atom stereocenters. The van der Waals surface area contributed by atoms with E-state index in [2.05, 4.69) is 37.5 Å². The zero-order valence-electron chi connectivity index (χ0n) is 12.2. The van der Waals surface area contributed by atoms with Crippen LogP contribution in [-0.2, 0) is 0 Å². The summed E-state index contributed by atoms with van der Waals surface area (Å²) in [7, 11) is 0. The predicted molar refractivity (Wildman–Crippen MR) is 74.2 cm³/mol. The van der Waals surface area contributed by atoms with Crippen LogP contribution in [0, 0.1) is 11.8 Å². The topological polar surface area (TPSA) is 6.48 Å². The number of fused-ring (bicyclic) bond motifs is 3. The molecule has 17 heavy (non-hydrogen) atoms. The van der Waals surface area contributed by atoms with Gasteiger partial charge in [-0.15, -0.1) is 0 Å². The van der Waals surface area contributed by atoms with Gasteiger partial charge in [-0.05, 0) is 37.6 Å². The fourth-order valence-electron chi connectivity index (χ4n) is 3.39. The van der Waals surface area contributed by atoms with Crippen molar-refractivity contribution in [2.45, 2.75) is 59.0 Å². The van der Waals surface area contributed by atoms with Gasteiger partial charge in [0.05, 0.1) is 0 Å². The van der Waals surface area contributed by atoms with Gasteiger partial charge >= 0.3 is 0 Å². The Morgan fingerprint density at radius 2 is 1.47 bits per heavy atom. The van der Waals surface area contributed by atoms with Crippen molar-refractivity contribution in [3.8, 4) is 0 Å². The maximum atomic E-state index is 2.77. The summed E-state index contributed by atoms with van der Waals surface area (Å²) in [5.74, 6) is 1.67. The van der Waals surface area contributed by atoms with Crippen LogP contribution in [0.4, 0.5) is 0 Å². The number of nitrogens with zero attached hydrogens (tertiary/aromatic N) is 2. The zero-order valence-corrected chi connectivity index (χ0v) is 12.2. The van der Waals surface area contributed by atoms with Crippen LogP contribution in [0.3, 0.4) is 0 Å². The van der Waals surface area contributed by atoms with Crippen LogP contribution in [0.2, 0.25) is 0 Å². The summed E-state index contributed by atoms with van der Waals surface area (Å²) in [5.41, 5.74) is 0. The molecule has 2 nitrogen and oxygen atoms in total. The molecule has 0 aliphatic carbocycles. The molecule has 0 saturated carbocycles. The van der Waals surface area contributed by atoms with Gasteiger partial charge in [-0.3, -0.25) is 9.80 Å². The molecule has 3 heterocycles. The van der Waals surface area contributed by atoms with E-state index in [-0.39, 0.29) is 0 Å². The summed E-state index contributed by atoms with van der Waals surface area (Å²) in [6.45, 7) is 14.7. The molecule has 3 rings (SSSR count). The smallest absolute Gasteiger partial charge is 0.0224 e. The van der Waals surface area contributed by atoms with Crippen molar-refractivity contribution in [1.82, 2.24) is 9.80 Å². The first kappa shape index (κ1) is 13.4. The fraction of sp³-hybridized carbons (Fsp3) is 1.00. The summed E-state index contributed by atoms with van der Waals surface area (Å²) in [6, 6.07) is 1.71. The molecule has 0 aromatic carbocycles. The minimum Gasteiger partial charge on any atom is -0.298 e. The molecule has 0 aromatic heterocycles. The Morgan fingerprint density at radius 3 is 1.94 bits per heavy atom. The van der Waals surface area contributed by atoms with Crippen LogP contribution in [0.5, 0.6) is 0 Å². The standard InChI is InChI=1S/C15H30N2/c1-12(2)7-8-16-10-15-6-5-14(16)11-17(15)9-13(3)4/h12-15H,5-11H2,1-4H3. The summed E-state index contributed by atoms with van der Waals surface area (Å²) in [4.78, 5) is 5.52. The molecular weight excluding hydrogens is 208 g/mol. The quantitative estimate of drug-likeness (QED) is 0.727. The number of hydrogen-bond acceptors (Lipinski definition) is 2. The predicted octanol–water partition coefficient (Wildman–Crippen LogP) is 2.84. The normalized spacial score (nSPS) is 30.7. The van der Waals surface area contributed by atoms with Crippen LogP contribution < -0.4 is 0 Å². The van der Waals surface area contributed by atoms with Gasteiger partial charge < -0.3 is 0 Å². The molecule has 0 radical (unpaired) electrons. The van der Waals surface area contributed by atoms with Gasteiger partial charge in [0.25, 0.3) is 0 Å². The third-order valence-corrected chi connectivity index (χ3v) is 4.35. The maximum Gasteiger partial charge on any atom is 0.0224 e. The van der Waals surface area contributed by atoms with Crippen LogP contribution in [0.25, 0.3) is 0 Å². The second-order valence-electron chi connectivity index (χ2n) is 6.91. The summed E-state index contributed by atoms with van der Waals surface area (Å²) in [5, 5.41) is 0. The SMILES string of the molecule is CC(C)CCN1CC2CCC1CN2CC(C)C. The molecule has 3 saturated heterocycles. The first-order valence-corrected chi connectivity index (χ1v) is 7.54. The fourth-order valence-corrected chi connectivity index (χ4v) is 3.39. The molecule has 2 heteroatoms. The van der Waals surface area contributed by atoms with E-state index in [1.165, 1.54) is 45.4 Å². The lowest BCUT2D eigenvalue weighted by molar-refractivity contribution is -0.0271. The Kier molecular flexibility index (Phi) is 4.48. The van der Waals surface area contributed by atoms with Crippen LogP contribution >= 0.6 is 0 Å². The number of piperazine rings is 1. The molecule has 100 valence electrons. The van der Waals surface area contributed by atoms with Gasteiger partial charge in [-0.2, -0.15) is 0 Å². The van der Waals surface area contributed by atoms with E-state index in [1.807, 2.05) is 0 Å². The molecule has 3 aliphatic rings. The Hall–Kier alpha value is -0.0800. The average Bonchev–Trinajstić information content (AvgIpc) is 2.26. The zero-order chi connectivity index (χ0) is 12.4. The molecule has 0 spiro atoms. The lowest BCUT2D eigenvalue weighted by Gasteiger charge is -2.52. The Labute approximate surface area is 107 Å². The average molecular weight is 238 g/mol. The third kappa shape index (κ3) is 3.45. The van der Waals surface area contributed by atoms with E-state index in [9.17, 15) is 0 Å². The molecule has 0 amide bonds. The Morgan fingerprint density at radius 1 is 0.882 bits per heavy atom. The molecule has 2 unspecified atom stereocenters. The first-order valence-electron chi connectivity index (χ1n) is 7.54. The van der Waals surface area contributed by atoms with E-state index in [0.29, 0.717) is 0 Å². The maximum absolute atomic E-state index is 2.77. The second-order valence-corrected chi connectivity index (χ2v) is 6.91. The molecule has 3 fully saturated rings. The van der Waals surface area contributed by atoms with E-state index in [1.54, 1.807) is 0 Å². The summed E-state index contributed by atoms with van der Waals surface area (Å²) >= 11 is 0. The first-order chi connectivity index (χ1) is 8.06. The van der Waals surface area contributed by atoms with Gasteiger partial charge in [0.1, 0.15) is 0 Å². The van der Waals surface area contributed by atoms with Crippen molar-refractivity contribution in [2.75, 3.05) is 26.2 Å². The lowest BCUT2D eigenvalue weighted by Crippen LogP contribution is -2.63. The highest BCUT2D eigenvalue weighted by atomic mass is 15.3. The van der Waals surface area contributed by atoms with Crippen LogP contribution in [0.15, 0.2) is 0 Å². The Balaban J connectivity index is 1.84. The monoisotopic (exact) mass is 238 g/mol. The van der Waals surface area contributed by atoms with Gasteiger partial charge in [0, 0.05) is 31.7 Å². The van der Waals surface area contributed by atoms with Crippen molar-refractivity contribution in [3.63, 3.8) is 0 Å². The van der Waals surface area contributed by atoms with Crippen molar-refractivity contribution < 1.29 is 0 Å². The minimum absolute atomic E-state index is 0.818. The second kappa shape index (κ2) is 5.71. The van der Waals surface area contributed by atoms with E-state index >= 15 is 0 Å². The summed E-state index contributed by atoms with van der Waals surface area (Å²) < 4.78 is 0. The Bertz CT molecular complexity index is 237. The lowest BCUT2D eigenvalue weighted by atomic mass is 9.89. The van der Waals surface area contributed by atoms with Crippen molar-refractivity contribution in [3.05, 3.63) is 0 Å². The molecule has 3 aliphatic heterocycles. The van der Waals surface area contributed by atoms with E-state index < -0.39 is 0 Å². The molecule has 0 N–H and O–H groups in total. The van der Waals surface area contributed by atoms with Crippen molar-refractivity contribution in [1.29, 1.82) is 0 Å². The molecular formula is C15H30N2. The van der Waals surface area contributed by atoms with Gasteiger partial charge in [0.2, 0.25) is 0 Å². The molecule has 2 bridgehead atoms. The highest BCUT2D eigenvalue weighted by molar-refractivity contribution is 4.95. The van der Waals surface area contributed by atoms with Crippen molar-refractivity contribution >= 4 is 0 Å². The van der Waals surface area contributed by atoms with Crippen molar-refractivity contribution in [2.24, 2.45) is 11.8 Å². The molecule has 0 aromatic rings. The van der Waals surface area contributed by atoms with Gasteiger partial charge in [-0.1, -0.05) is 27.7 Å². The highest BCUT2D eigenvalue weighted by Gasteiger charge is 2.38. The van der Waals surface area contributed by atoms with Crippen LogP contribution in [-0.4, -0.2) is 48.1 Å². The number of hydrogen-bond donors (Lipinski definition) is 0. The van der Waals surface area contributed by atoms with Gasteiger partial charge in [0.15, 0.2) is 0 Å². The van der Waals surface area contributed by atoms with Gasteiger partial charge in [-0.25, -0.2) is 0 Å². The van der Waals surface area contributed by atoms with Crippen LogP contribution in [0.1, 0.15) is 47.0 Å². The third-order valence-electron chi connectivity index (χ3n) is 4.35. The number of piperidine rings is 2. The number of rotatable bonds is 5. The minimum atomic E-state index is 0.818. The summed E-state index contributed by atoms with van der Waals surface area (Å²) in [6.07, 6.45) is 4.25. The largest absolute Gasteiger partial charge is 0.298 e. The van der Waals surface area contributed by atoms with E-state index in [0.717, 1.165) is 23.9 Å². The van der Waals surface area contributed by atoms with E-state index in [4.69, 9.17) is 0 Å². The highest BCUT2D eigenvalue weighted by Crippen LogP contribution is 2.29.